The first-order valence-electron chi connectivity index (χ1n) is 6.24. The van der Waals surface area contributed by atoms with E-state index in [0.717, 1.165) is 12.0 Å². The van der Waals surface area contributed by atoms with Crippen LogP contribution >= 0.6 is 11.3 Å². The Hall–Kier alpha value is -1.40. The normalized spacial score (nSPS) is 13.6. The molecule has 1 rings (SSSR count). The molecule has 1 aromatic heterocycles. The van der Waals surface area contributed by atoms with Gasteiger partial charge in [0.05, 0.1) is 13.1 Å². The van der Waals surface area contributed by atoms with Crippen molar-refractivity contribution in [3.05, 3.63) is 22.4 Å². The first kappa shape index (κ1) is 15.7. The fourth-order valence-electron chi connectivity index (χ4n) is 1.50. The van der Waals surface area contributed by atoms with E-state index in [0.29, 0.717) is 6.42 Å². The Morgan fingerprint density at radius 2 is 2.11 bits per heavy atom. The van der Waals surface area contributed by atoms with Crippen molar-refractivity contribution in [3.8, 4) is 0 Å². The van der Waals surface area contributed by atoms with Gasteiger partial charge < -0.3 is 15.7 Å². The highest BCUT2D eigenvalue weighted by atomic mass is 32.1. The van der Waals surface area contributed by atoms with E-state index >= 15 is 0 Å². The van der Waals surface area contributed by atoms with Crippen LogP contribution < -0.4 is 10.6 Å². The average molecular weight is 284 g/mol. The maximum absolute atomic E-state index is 11.5. The van der Waals surface area contributed by atoms with E-state index in [1.165, 1.54) is 11.3 Å². The quantitative estimate of drug-likeness (QED) is 0.698. The summed E-state index contributed by atoms with van der Waals surface area (Å²) in [4.78, 5) is 22.7. The van der Waals surface area contributed by atoms with Crippen LogP contribution in [0.5, 0.6) is 0 Å². The summed E-state index contributed by atoms with van der Waals surface area (Å²) in [7, 11) is 0. The summed E-state index contributed by atoms with van der Waals surface area (Å²) in [5.41, 5.74) is -0.323. The van der Waals surface area contributed by atoms with Crippen molar-refractivity contribution in [1.82, 2.24) is 10.6 Å². The Kier molecular flexibility index (Phi) is 5.98. The molecule has 0 aliphatic rings. The highest BCUT2D eigenvalue weighted by Gasteiger charge is 2.24. The van der Waals surface area contributed by atoms with Crippen molar-refractivity contribution >= 4 is 23.2 Å². The third-order valence-electron chi connectivity index (χ3n) is 2.70. The Morgan fingerprint density at radius 1 is 1.37 bits per heavy atom. The highest BCUT2D eigenvalue weighted by molar-refractivity contribution is 7.08. The summed E-state index contributed by atoms with van der Waals surface area (Å²) in [5, 5.41) is 19.0. The van der Waals surface area contributed by atoms with Crippen molar-refractivity contribution in [3.63, 3.8) is 0 Å². The topological polar surface area (TPSA) is 78.4 Å². The zero-order chi connectivity index (χ0) is 14.3. The molecule has 0 saturated carbocycles. The van der Waals surface area contributed by atoms with Gasteiger partial charge in [-0.1, -0.05) is 6.92 Å². The summed E-state index contributed by atoms with van der Waals surface area (Å²) < 4.78 is 0. The maximum atomic E-state index is 11.5. The SMILES string of the molecule is CCCC(=O)NCC(=O)NCC(C)(O)c1ccsc1. The minimum atomic E-state index is -1.09. The lowest BCUT2D eigenvalue weighted by Gasteiger charge is -2.22. The molecule has 0 aliphatic carbocycles. The van der Waals surface area contributed by atoms with Crippen LogP contribution in [0.2, 0.25) is 0 Å². The predicted octanol–water partition coefficient (Wildman–Crippen LogP) is 0.988. The molecular formula is C13H20N2O3S. The summed E-state index contributed by atoms with van der Waals surface area (Å²) in [6, 6.07) is 1.82. The van der Waals surface area contributed by atoms with Gasteiger partial charge in [0, 0.05) is 6.42 Å². The number of thiophene rings is 1. The van der Waals surface area contributed by atoms with E-state index in [2.05, 4.69) is 10.6 Å². The van der Waals surface area contributed by atoms with Gasteiger partial charge in [-0.3, -0.25) is 9.59 Å². The zero-order valence-corrected chi connectivity index (χ0v) is 12.0. The van der Waals surface area contributed by atoms with E-state index in [1.54, 1.807) is 6.92 Å². The lowest BCUT2D eigenvalue weighted by atomic mass is 9.99. The molecule has 0 bridgehead atoms. The second kappa shape index (κ2) is 7.25. The smallest absolute Gasteiger partial charge is 0.239 e. The lowest BCUT2D eigenvalue weighted by Crippen LogP contribution is -2.43. The van der Waals surface area contributed by atoms with Crippen LogP contribution in [-0.2, 0) is 15.2 Å². The first-order valence-corrected chi connectivity index (χ1v) is 7.18. The van der Waals surface area contributed by atoms with Crippen molar-refractivity contribution in [1.29, 1.82) is 0 Å². The molecule has 1 heterocycles. The molecule has 0 fully saturated rings. The first-order chi connectivity index (χ1) is 8.95. The molecule has 5 nitrogen and oxygen atoms in total. The predicted molar refractivity (Wildman–Crippen MR) is 74.8 cm³/mol. The molecule has 0 aliphatic heterocycles. The number of amides is 2. The van der Waals surface area contributed by atoms with Crippen molar-refractivity contribution in [2.24, 2.45) is 0 Å². The molecule has 2 amide bonds. The fraction of sp³-hybridized carbons (Fsp3) is 0.538. The van der Waals surface area contributed by atoms with Crippen LogP contribution in [0.4, 0.5) is 0 Å². The Bertz CT molecular complexity index is 416. The van der Waals surface area contributed by atoms with Crippen LogP contribution in [0.15, 0.2) is 16.8 Å². The van der Waals surface area contributed by atoms with Crippen molar-refractivity contribution in [2.75, 3.05) is 13.1 Å². The monoisotopic (exact) mass is 284 g/mol. The molecule has 106 valence electrons. The number of aliphatic hydroxyl groups is 1. The van der Waals surface area contributed by atoms with Gasteiger partial charge >= 0.3 is 0 Å². The number of rotatable bonds is 7. The van der Waals surface area contributed by atoms with Gasteiger partial charge in [0.2, 0.25) is 11.8 Å². The van der Waals surface area contributed by atoms with E-state index < -0.39 is 5.60 Å². The molecule has 1 aromatic rings. The van der Waals surface area contributed by atoms with E-state index in [9.17, 15) is 14.7 Å². The van der Waals surface area contributed by atoms with Gasteiger partial charge in [-0.2, -0.15) is 11.3 Å². The lowest BCUT2D eigenvalue weighted by molar-refractivity contribution is -0.126. The second-order valence-electron chi connectivity index (χ2n) is 4.59. The number of hydrogen-bond donors (Lipinski definition) is 3. The van der Waals surface area contributed by atoms with E-state index in [4.69, 9.17) is 0 Å². The molecule has 0 radical (unpaired) electrons. The fourth-order valence-corrected chi connectivity index (χ4v) is 2.28. The number of carbonyl (C=O) groups is 2. The summed E-state index contributed by atoms with van der Waals surface area (Å²) >= 11 is 1.49. The van der Waals surface area contributed by atoms with Crippen LogP contribution in [0.25, 0.3) is 0 Å². The molecule has 6 heteroatoms. The van der Waals surface area contributed by atoms with Crippen LogP contribution in [0.3, 0.4) is 0 Å². The minimum absolute atomic E-state index is 0.0570. The van der Waals surface area contributed by atoms with Crippen LogP contribution in [-0.4, -0.2) is 30.0 Å². The van der Waals surface area contributed by atoms with Gasteiger partial charge in [0.25, 0.3) is 0 Å². The van der Waals surface area contributed by atoms with Crippen LogP contribution in [0, 0.1) is 0 Å². The van der Waals surface area contributed by atoms with E-state index in [-0.39, 0.29) is 24.9 Å². The van der Waals surface area contributed by atoms with Gasteiger partial charge in [0.15, 0.2) is 0 Å². The van der Waals surface area contributed by atoms with Gasteiger partial charge in [-0.15, -0.1) is 0 Å². The van der Waals surface area contributed by atoms with Gasteiger partial charge in [-0.25, -0.2) is 0 Å². The van der Waals surface area contributed by atoms with Crippen molar-refractivity contribution < 1.29 is 14.7 Å². The number of hydrogen-bond acceptors (Lipinski definition) is 4. The zero-order valence-electron chi connectivity index (χ0n) is 11.2. The molecule has 0 aromatic carbocycles. The summed E-state index contributed by atoms with van der Waals surface area (Å²) in [6.45, 7) is 3.60. The third kappa shape index (κ3) is 5.40. The maximum Gasteiger partial charge on any atom is 0.239 e. The second-order valence-corrected chi connectivity index (χ2v) is 5.37. The summed E-state index contributed by atoms with van der Waals surface area (Å²) in [6.07, 6.45) is 1.17. The standard InChI is InChI=1S/C13H20N2O3S/c1-3-4-11(16)14-7-12(17)15-9-13(2,18)10-5-6-19-8-10/h5-6,8,18H,3-4,7,9H2,1-2H3,(H,14,16)(H,15,17). The molecule has 1 unspecified atom stereocenters. The molecule has 19 heavy (non-hydrogen) atoms. The average Bonchev–Trinajstić information content (AvgIpc) is 2.89. The Labute approximate surface area is 117 Å². The third-order valence-corrected chi connectivity index (χ3v) is 3.38. The van der Waals surface area contributed by atoms with Gasteiger partial charge in [0.1, 0.15) is 5.60 Å². The molecule has 0 spiro atoms. The summed E-state index contributed by atoms with van der Waals surface area (Å²) in [5.74, 6) is -0.442. The molecule has 3 N–H and O–H groups in total. The number of nitrogens with one attached hydrogen (secondary N) is 2. The Morgan fingerprint density at radius 3 is 2.68 bits per heavy atom. The molecular weight excluding hydrogens is 264 g/mol. The molecule has 0 saturated heterocycles. The van der Waals surface area contributed by atoms with Gasteiger partial charge in [-0.05, 0) is 35.7 Å². The van der Waals surface area contributed by atoms with Crippen LogP contribution in [0.1, 0.15) is 32.3 Å². The molecule has 1 atom stereocenters. The number of carbonyl (C=O) groups excluding carboxylic acids is 2. The largest absolute Gasteiger partial charge is 0.384 e. The highest BCUT2D eigenvalue weighted by Crippen LogP contribution is 2.21. The Balaban J connectivity index is 2.32. The van der Waals surface area contributed by atoms with Crippen molar-refractivity contribution in [2.45, 2.75) is 32.3 Å². The minimum Gasteiger partial charge on any atom is -0.384 e. The van der Waals surface area contributed by atoms with E-state index in [1.807, 2.05) is 23.8 Å².